The van der Waals surface area contributed by atoms with E-state index in [1.54, 1.807) is 13.0 Å². The van der Waals surface area contributed by atoms with Gasteiger partial charge in [0.1, 0.15) is 5.82 Å². The van der Waals surface area contributed by atoms with Gasteiger partial charge >= 0.3 is 0 Å². The zero-order valence-corrected chi connectivity index (χ0v) is 13.4. The van der Waals surface area contributed by atoms with E-state index in [2.05, 4.69) is 40.3 Å². The SMILES string of the molecule is CCCNC(c1ccc(Br)cc1)c1ccc(C)c(F)c1. The van der Waals surface area contributed by atoms with Gasteiger partial charge in [0.05, 0.1) is 6.04 Å². The first kappa shape index (κ1) is 15.2. The molecule has 2 rings (SSSR count). The van der Waals surface area contributed by atoms with E-state index in [-0.39, 0.29) is 11.9 Å². The van der Waals surface area contributed by atoms with Gasteiger partial charge in [0.25, 0.3) is 0 Å². The molecule has 0 saturated heterocycles. The number of aryl methyl sites for hydroxylation is 1. The van der Waals surface area contributed by atoms with Crippen LogP contribution in [0, 0.1) is 12.7 Å². The molecule has 20 heavy (non-hydrogen) atoms. The minimum absolute atomic E-state index is 0.0261. The second kappa shape index (κ2) is 7.00. The molecule has 0 bridgehead atoms. The molecule has 0 amide bonds. The number of benzene rings is 2. The molecular weight excluding hydrogens is 317 g/mol. The lowest BCUT2D eigenvalue weighted by Crippen LogP contribution is -2.23. The van der Waals surface area contributed by atoms with Gasteiger partial charge < -0.3 is 5.32 Å². The lowest BCUT2D eigenvalue weighted by Gasteiger charge is -2.20. The van der Waals surface area contributed by atoms with Gasteiger partial charge in [-0.15, -0.1) is 0 Å². The first-order valence-corrected chi connectivity index (χ1v) is 7.66. The van der Waals surface area contributed by atoms with Crippen molar-refractivity contribution in [2.75, 3.05) is 6.54 Å². The second-order valence-electron chi connectivity index (χ2n) is 4.95. The van der Waals surface area contributed by atoms with Crippen LogP contribution in [-0.2, 0) is 0 Å². The fourth-order valence-corrected chi connectivity index (χ4v) is 2.43. The van der Waals surface area contributed by atoms with Crippen molar-refractivity contribution in [3.05, 3.63) is 69.4 Å². The average Bonchev–Trinajstić information content (AvgIpc) is 2.45. The summed E-state index contributed by atoms with van der Waals surface area (Å²) in [7, 11) is 0. The highest BCUT2D eigenvalue weighted by Crippen LogP contribution is 2.25. The van der Waals surface area contributed by atoms with Crippen LogP contribution in [0.3, 0.4) is 0 Å². The largest absolute Gasteiger partial charge is 0.306 e. The number of rotatable bonds is 5. The molecule has 0 radical (unpaired) electrons. The maximum Gasteiger partial charge on any atom is 0.126 e. The molecule has 3 heteroatoms. The second-order valence-corrected chi connectivity index (χ2v) is 5.86. The summed E-state index contributed by atoms with van der Waals surface area (Å²) in [6.07, 6.45) is 1.04. The van der Waals surface area contributed by atoms with Crippen LogP contribution >= 0.6 is 15.9 Å². The third-order valence-electron chi connectivity index (χ3n) is 3.33. The Labute approximate surface area is 128 Å². The van der Waals surface area contributed by atoms with Gasteiger partial charge in [-0.1, -0.05) is 47.1 Å². The number of hydrogen-bond acceptors (Lipinski definition) is 1. The van der Waals surface area contributed by atoms with Gasteiger partial charge in [-0.2, -0.15) is 0 Å². The van der Waals surface area contributed by atoms with Crippen molar-refractivity contribution < 1.29 is 4.39 Å². The van der Waals surface area contributed by atoms with Gasteiger partial charge in [0.2, 0.25) is 0 Å². The van der Waals surface area contributed by atoms with E-state index in [0.717, 1.165) is 28.6 Å². The van der Waals surface area contributed by atoms with Crippen LogP contribution in [0.2, 0.25) is 0 Å². The van der Waals surface area contributed by atoms with E-state index < -0.39 is 0 Å². The Hall–Kier alpha value is -1.19. The molecule has 1 N–H and O–H groups in total. The highest BCUT2D eigenvalue weighted by molar-refractivity contribution is 9.10. The molecule has 0 aliphatic carbocycles. The fourth-order valence-electron chi connectivity index (χ4n) is 2.16. The summed E-state index contributed by atoms with van der Waals surface area (Å²) < 4.78 is 14.9. The molecule has 2 aromatic rings. The van der Waals surface area contributed by atoms with E-state index in [1.165, 1.54) is 0 Å². The van der Waals surface area contributed by atoms with Crippen molar-refractivity contribution in [1.82, 2.24) is 5.32 Å². The third-order valence-corrected chi connectivity index (χ3v) is 3.86. The molecular formula is C17H19BrFN. The first-order chi connectivity index (χ1) is 9.61. The molecule has 1 unspecified atom stereocenters. The average molecular weight is 336 g/mol. The predicted molar refractivity (Wildman–Crippen MR) is 85.4 cm³/mol. The predicted octanol–water partition coefficient (Wildman–Crippen LogP) is 4.99. The summed E-state index contributed by atoms with van der Waals surface area (Å²) in [5, 5.41) is 3.49. The van der Waals surface area contributed by atoms with E-state index in [0.29, 0.717) is 5.56 Å². The lowest BCUT2D eigenvalue weighted by atomic mass is 9.97. The van der Waals surface area contributed by atoms with E-state index in [1.807, 2.05) is 24.3 Å². The highest BCUT2D eigenvalue weighted by Gasteiger charge is 2.14. The van der Waals surface area contributed by atoms with Gasteiger partial charge in [0, 0.05) is 4.47 Å². The summed E-state index contributed by atoms with van der Waals surface area (Å²) in [6.45, 7) is 4.81. The summed E-state index contributed by atoms with van der Waals surface area (Å²) in [5.41, 5.74) is 2.78. The van der Waals surface area contributed by atoms with Crippen molar-refractivity contribution in [2.24, 2.45) is 0 Å². The number of halogens is 2. The Morgan fingerprint density at radius 1 is 1.10 bits per heavy atom. The van der Waals surface area contributed by atoms with Gasteiger partial charge in [-0.05, 0) is 54.8 Å². The zero-order valence-electron chi connectivity index (χ0n) is 11.8. The van der Waals surface area contributed by atoms with Gasteiger partial charge in [0.15, 0.2) is 0 Å². The van der Waals surface area contributed by atoms with E-state index in [9.17, 15) is 4.39 Å². The zero-order chi connectivity index (χ0) is 14.5. The molecule has 0 spiro atoms. The molecule has 0 aromatic heterocycles. The van der Waals surface area contributed by atoms with Crippen LogP contribution in [0.15, 0.2) is 46.9 Å². The minimum atomic E-state index is -0.150. The molecule has 1 atom stereocenters. The molecule has 106 valence electrons. The Kier molecular flexibility index (Phi) is 5.32. The van der Waals surface area contributed by atoms with Crippen LogP contribution in [0.25, 0.3) is 0 Å². The Morgan fingerprint density at radius 3 is 2.35 bits per heavy atom. The summed E-state index contributed by atoms with van der Waals surface area (Å²) in [4.78, 5) is 0. The summed E-state index contributed by atoms with van der Waals surface area (Å²) in [6, 6.07) is 13.6. The third kappa shape index (κ3) is 3.68. The topological polar surface area (TPSA) is 12.0 Å². The highest BCUT2D eigenvalue weighted by atomic mass is 79.9. The normalized spacial score (nSPS) is 12.4. The van der Waals surface area contributed by atoms with Gasteiger partial charge in [-0.3, -0.25) is 0 Å². The number of nitrogens with one attached hydrogen (secondary N) is 1. The standard InChI is InChI=1S/C17H19BrFN/c1-3-10-20-17(13-6-8-15(18)9-7-13)14-5-4-12(2)16(19)11-14/h4-9,11,17,20H,3,10H2,1-2H3. The number of hydrogen-bond donors (Lipinski definition) is 1. The molecule has 0 saturated carbocycles. The summed E-state index contributed by atoms with van der Waals surface area (Å²) >= 11 is 3.44. The quantitative estimate of drug-likeness (QED) is 0.811. The maximum atomic E-state index is 13.8. The van der Waals surface area contributed by atoms with E-state index >= 15 is 0 Å². The van der Waals surface area contributed by atoms with Crippen LogP contribution in [0.1, 0.15) is 36.1 Å². The molecule has 2 aromatic carbocycles. The van der Waals surface area contributed by atoms with Crippen molar-refractivity contribution in [1.29, 1.82) is 0 Å². The maximum absolute atomic E-state index is 13.8. The van der Waals surface area contributed by atoms with Crippen molar-refractivity contribution in [3.8, 4) is 0 Å². The molecule has 0 heterocycles. The fraction of sp³-hybridized carbons (Fsp3) is 0.294. The van der Waals surface area contributed by atoms with Crippen LogP contribution in [0.4, 0.5) is 4.39 Å². The van der Waals surface area contributed by atoms with Crippen LogP contribution in [-0.4, -0.2) is 6.54 Å². The van der Waals surface area contributed by atoms with E-state index in [4.69, 9.17) is 0 Å². The van der Waals surface area contributed by atoms with Gasteiger partial charge in [-0.25, -0.2) is 4.39 Å². The minimum Gasteiger partial charge on any atom is -0.306 e. The lowest BCUT2D eigenvalue weighted by molar-refractivity contribution is 0.582. The van der Waals surface area contributed by atoms with Crippen LogP contribution < -0.4 is 5.32 Å². The van der Waals surface area contributed by atoms with Crippen molar-refractivity contribution in [3.63, 3.8) is 0 Å². The monoisotopic (exact) mass is 335 g/mol. The van der Waals surface area contributed by atoms with Crippen LogP contribution in [0.5, 0.6) is 0 Å². The molecule has 0 aliphatic rings. The Morgan fingerprint density at radius 2 is 1.75 bits per heavy atom. The van der Waals surface area contributed by atoms with Crippen molar-refractivity contribution >= 4 is 15.9 Å². The Balaban J connectivity index is 2.35. The molecule has 0 fully saturated rings. The van der Waals surface area contributed by atoms with Crippen molar-refractivity contribution in [2.45, 2.75) is 26.3 Å². The summed E-state index contributed by atoms with van der Waals surface area (Å²) in [5.74, 6) is -0.150. The Bertz CT molecular complexity index is 566. The molecule has 0 aliphatic heterocycles. The molecule has 1 nitrogen and oxygen atoms in total. The smallest absolute Gasteiger partial charge is 0.126 e. The first-order valence-electron chi connectivity index (χ1n) is 6.86.